The first-order valence-corrected chi connectivity index (χ1v) is 6.20. The monoisotopic (exact) mass is 270 g/mol. The van der Waals surface area contributed by atoms with Crippen molar-refractivity contribution < 1.29 is 9.53 Å². The summed E-state index contributed by atoms with van der Waals surface area (Å²) in [6.07, 6.45) is 0.845. The Morgan fingerprint density at radius 1 is 1.50 bits per heavy atom. The number of carbonyl (C=O) groups is 1. The van der Waals surface area contributed by atoms with Crippen molar-refractivity contribution in [3.05, 3.63) is 23.2 Å². The van der Waals surface area contributed by atoms with Crippen molar-refractivity contribution in [3.63, 3.8) is 0 Å². The molecule has 5 heteroatoms. The van der Waals surface area contributed by atoms with Gasteiger partial charge in [-0.1, -0.05) is 18.5 Å². The molecule has 0 bridgehead atoms. The molecule has 3 N–H and O–H groups in total. The van der Waals surface area contributed by atoms with E-state index in [1.165, 1.54) is 0 Å². The standard InChI is InChI=1S/C13H19ClN2O2/c1-4-13(2,3)16-12(17)8-18-11-7-9(15)5-6-10(11)14/h5-7H,4,8,15H2,1-3H3,(H,16,17). The lowest BCUT2D eigenvalue weighted by atomic mass is 10.0. The van der Waals surface area contributed by atoms with Crippen molar-refractivity contribution in [3.8, 4) is 5.75 Å². The second-order valence-electron chi connectivity index (χ2n) is 4.76. The van der Waals surface area contributed by atoms with Crippen molar-refractivity contribution >= 4 is 23.2 Å². The fourth-order valence-electron chi connectivity index (χ4n) is 1.28. The molecule has 1 aromatic carbocycles. The summed E-state index contributed by atoms with van der Waals surface area (Å²) in [5, 5.41) is 3.31. The maximum atomic E-state index is 11.7. The van der Waals surface area contributed by atoms with Crippen LogP contribution in [0.4, 0.5) is 5.69 Å². The minimum atomic E-state index is -0.236. The molecule has 0 fully saturated rings. The lowest BCUT2D eigenvalue weighted by Gasteiger charge is -2.24. The highest BCUT2D eigenvalue weighted by molar-refractivity contribution is 6.32. The number of anilines is 1. The van der Waals surface area contributed by atoms with Crippen LogP contribution in [0.1, 0.15) is 27.2 Å². The number of halogens is 1. The SMILES string of the molecule is CCC(C)(C)NC(=O)COc1cc(N)ccc1Cl. The molecule has 0 aliphatic carbocycles. The number of benzene rings is 1. The molecule has 0 atom stereocenters. The number of nitrogens with two attached hydrogens (primary N) is 1. The summed E-state index contributed by atoms with van der Waals surface area (Å²) in [6, 6.07) is 4.91. The molecule has 0 saturated heterocycles. The van der Waals surface area contributed by atoms with Crippen molar-refractivity contribution in [2.75, 3.05) is 12.3 Å². The van der Waals surface area contributed by atoms with Crippen LogP contribution in [0, 0.1) is 0 Å². The van der Waals surface area contributed by atoms with Gasteiger partial charge in [0.1, 0.15) is 5.75 Å². The molecule has 1 rings (SSSR count). The Bertz CT molecular complexity index is 433. The van der Waals surface area contributed by atoms with E-state index in [0.717, 1.165) is 6.42 Å². The van der Waals surface area contributed by atoms with Crippen molar-refractivity contribution in [2.24, 2.45) is 0 Å². The molecule has 0 unspecified atom stereocenters. The average molecular weight is 271 g/mol. The molecule has 1 aromatic rings. The Morgan fingerprint density at radius 2 is 2.17 bits per heavy atom. The first-order valence-electron chi connectivity index (χ1n) is 5.83. The molecule has 0 heterocycles. The van der Waals surface area contributed by atoms with Crippen LogP contribution in [-0.4, -0.2) is 18.1 Å². The fraction of sp³-hybridized carbons (Fsp3) is 0.462. The van der Waals surface area contributed by atoms with Crippen LogP contribution in [0.3, 0.4) is 0 Å². The highest BCUT2D eigenvalue weighted by Crippen LogP contribution is 2.26. The molecule has 1 amide bonds. The van der Waals surface area contributed by atoms with E-state index in [0.29, 0.717) is 16.5 Å². The second-order valence-corrected chi connectivity index (χ2v) is 5.17. The fourth-order valence-corrected chi connectivity index (χ4v) is 1.45. The molecule has 0 spiro atoms. The maximum Gasteiger partial charge on any atom is 0.258 e. The van der Waals surface area contributed by atoms with E-state index in [4.69, 9.17) is 22.1 Å². The van der Waals surface area contributed by atoms with Crippen molar-refractivity contribution in [1.82, 2.24) is 5.32 Å². The van der Waals surface area contributed by atoms with E-state index in [2.05, 4.69) is 5.32 Å². The van der Waals surface area contributed by atoms with E-state index >= 15 is 0 Å². The van der Waals surface area contributed by atoms with Gasteiger partial charge in [-0.3, -0.25) is 4.79 Å². The molecule has 0 aromatic heterocycles. The number of nitrogens with one attached hydrogen (secondary N) is 1. The van der Waals surface area contributed by atoms with Gasteiger partial charge in [0, 0.05) is 17.3 Å². The van der Waals surface area contributed by atoms with Gasteiger partial charge in [0.2, 0.25) is 0 Å². The lowest BCUT2D eigenvalue weighted by Crippen LogP contribution is -2.44. The summed E-state index contributed by atoms with van der Waals surface area (Å²) in [7, 11) is 0. The highest BCUT2D eigenvalue weighted by atomic mass is 35.5. The number of nitrogen functional groups attached to an aromatic ring is 1. The van der Waals surface area contributed by atoms with Crippen LogP contribution in [0.15, 0.2) is 18.2 Å². The van der Waals surface area contributed by atoms with Gasteiger partial charge in [-0.25, -0.2) is 0 Å². The Labute approximate surface area is 112 Å². The predicted octanol–water partition coefficient (Wildman–Crippen LogP) is 2.61. The summed E-state index contributed by atoms with van der Waals surface area (Å²) >= 11 is 5.93. The first-order chi connectivity index (χ1) is 8.34. The summed E-state index contributed by atoms with van der Waals surface area (Å²) in [5.41, 5.74) is 5.93. The zero-order valence-corrected chi connectivity index (χ0v) is 11.7. The van der Waals surface area contributed by atoms with Gasteiger partial charge in [0.25, 0.3) is 5.91 Å². The van der Waals surface area contributed by atoms with Gasteiger partial charge in [-0.05, 0) is 32.4 Å². The Morgan fingerprint density at radius 3 is 2.78 bits per heavy atom. The molecule has 0 aliphatic heterocycles. The van der Waals surface area contributed by atoms with Crippen molar-refractivity contribution in [1.29, 1.82) is 0 Å². The van der Waals surface area contributed by atoms with Gasteiger partial charge in [0.15, 0.2) is 6.61 Å². The van der Waals surface area contributed by atoms with Gasteiger partial charge in [-0.15, -0.1) is 0 Å². The van der Waals surface area contributed by atoms with E-state index in [-0.39, 0.29) is 18.1 Å². The van der Waals surface area contributed by atoms with Crippen LogP contribution in [0.2, 0.25) is 5.02 Å². The van der Waals surface area contributed by atoms with Gasteiger partial charge < -0.3 is 15.8 Å². The van der Waals surface area contributed by atoms with Crippen LogP contribution < -0.4 is 15.8 Å². The first kappa shape index (κ1) is 14.6. The number of amides is 1. The molecule has 4 nitrogen and oxygen atoms in total. The van der Waals surface area contributed by atoms with E-state index in [1.807, 2.05) is 20.8 Å². The molecule has 0 saturated carbocycles. The number of carbonyl (C=O) groups excluding carboxylic acids is 1. The Balaban J connectivity index is 2.55. The zero-order valence-electron chi connectivity index (χ0n) is 10.9. The molecule has 0 aliphatic rings. The number of ether oxygens (including phenoxy) is 1. The minimum Gasteiger partial charge on any atom is -0.482 e. The average Bonchev–Trinajstić information content (AvgIpc) is 2.30. The third kappa shape index (κ3) is 4.45. The number of rotatable bonds is 5. The molecule has 100 valence electrons. The van der Waals surface area contributed by atoms with Gasteiger partial charge >= 0.3 is 0 Å². The van der Waals surface area contributed by atoms with Crippen LogP contribution in [-0.2, 0) is 4.79 Å². The highest BCUT2D eigenvalue weighted by Gasteiger charge is 2.18. The summed E-state index contributed by atoms with van der Waals surface area (Å²) in [5.74, 6) is 0.237. The second kappa shape index (κ2) is 5.96. The largest absolute Gasteiger partial charge is 0.482 e. The summed E-state index contributed by atoms with van der Waals surface area (Å²) in [4.78, 5) is 11.7. The number of hydrogen-bond donors (Lipinski definition) is 2. The van der Waals surface area contributed by atoms with Gasteiger partial charge in [-0.2, -0.15) is 0 Å². The predicted molar refractivity (Wildman–Crippen MR) is 73.9 cm³/mol. The molecular formula is C13H19ClN2O2. The third-order valence-electron chi connectivity index (χ3n) is 2.68. The normalized spacial score (nSPS) is 11.1. The maximum absolute atomic E-state index is 11.7. The zero-order chi connectivity index (χ0) is 13.8. The van der Waals surface area contributed by atoms with E-state index in [9.17, 15) is 4.79 Å². The third-order valence-corrected chi connectivity index (χ3v) is 2.99. The minimum absolute atomic E-state index is 0.0768. The Hall–Kier alpha value is -1.42. The van der Waals surface area contributed by atoms with E-state index in [1.54, 1.807) is 18.2 Å². The lowest BCUT2D eigenvalue weighted by molar-refractivity contribution is -0.124. The topological polar surface area (TPSA) is 64.3 Å². The van der Waals surface area contributed by atoms with Crippen molar-refractivity contribution in [2.45, 2.75) is 32.7 Å². The Kier molecular flexibility index (Phi) is 4.84. The van der Waals surface area contributed by atoms with Crippen LogP contribution in [0.25, 0.3) is 0 Å². The van der Waals surface area contributed by atoms with Gasteiger partial charge in [0.05, 0.1) is 5.02 Å². The van der Waals surface area contributed by atoms with Crippen LogP contribution in [0.5, 0.6) is 5.75 Å². The quantitative estimate of drug-likeness (QED) is 0.809. The summed E-state index contributed by atoms with van der Waals surface area (Å²) in [6.45, 7) is 5.85. The van der Waals surface area contributed by atoms with Crippen LogP contribution >= 0.6 is 11.6 Å². The summed E-state index contributed by atoms with van der Waals surface area (Å²) < 4.78 is 5.35. The molecule has 0 radical (unpaired) electrons. The molecular weight excluding hydrogens is 252 g/mol. The smallest absolute Gasteiger partial charge is 0.258 e. The molecule has 18 heavy (non-hydrogen) atoms. The number of hydrogen-bond acceptors (Lipinski definition) is 3. The van der Waals surface area contributed by atoms with E-state index < -0.39 is 0 Å².